The molecule has 1 heterocycles. The second-order valence-electron chi connectivity index (χ2n) is 9.97. The minimum Gasteiger partial charge on any atom is -0.493 e. The average Bonchev–Trinajstić information content (AvgIpc) is 2.82. The van der Waals surface area contributed by atoms with Crippen LogP contribution < -0.4 is 19.5 Å². The molecule has 0 amide bonds. The summed E-state index contributed by atoms with van der Waals surface area (Å²) in [5.41, 5.74) is 4.61. The summed E-state index contributed by atoms with van der Waals surface area (Å²) in [6.07, 6.45) is 1.27. The lowest BCUT2D eigenvalue weighted by molar-refractivity contribution is -0.132. The van der Waals surface area contributed by atoms with E-state index in [4.69, 9.17) is 14.2 Å². The number of hydrogen-bond donors (Lipinski definition) is 1. The third-order valence-electron chi connectivity index (χ3n) is 6.80. The van der Waals surface area contributed by atoms with Gasteiger partial charge in [-0.25, -0.2) is 0 Å². The van der Waals surface area contributed by atoms with Crippen molar-refractivity contribution in [2.75, 3.05) is 19.5 Å². The Morgan fingerprint density at radius 2 is 1.69 bits per heavy atom. The first-order valence-corrected chi connectivity index (χ1v) is 11.7. The number of carbonyl (C=O) groups is 2. The number of methoxy groups -OCH3 is 2. The Morgan fingerprint density at radius 1 is 1.00 bits per heavy atom. The van der Waals surface area contributed by atoms with Crippen LogP contribution >= 0.6 is 0 Å². The SMILES string of the molecule is COc1cc([C@@H]2Nc3ccc4ccccc4c3C3=C2C(=O)CC(C)(C)C3)cc(OC)c1OC(C)=O. The molecule has 0 bridgehead atoms. The highest BCUT2D eigenvalue weighted by atomic mass is 16.6. The highest BCUT2D eigenvalue weighted by molar-refractivity contribution is 6.12. The third kappa shape index (κ3) is 3.93. The van der Waals surface area contributed by atoms with Crippen LogP contribution in [0.5, 0.6) is 17.2 Å². The summed E-state index contributed by atoms with van der Waals surface area (Å²) in [4.78, 5) is 25.3. The van der Waals surface area contributed by atoms with E-state index in [0.717, 1.165) is 45.2 Å². The number of carbonyl (C=O) groups excluding carboxylic acids is 2. The number of rotatable bonds is 4. The molecule has 5 rings (SSSR count). The quantitative estimate of drug-likeness (QED) is 0.367. The molecule has 0 radical (unpaired) electrons. The summed E-state index contributed by atoms with van der Waals surface area (Å²) >= 11 is 0. The zero-order valence-electron chi connectivity index (χ0n) is 20.7. The van der Waals surface area contributed by atoms with Crippen LogP contribution in [-0.4, -0.2) is 26.0 Å². The van der Waals surface area contributed by atoms with E-state index in [9.17, 15) is 9.59 Å². The number of benzene rings is 3. The molecule has 6 heteroatoms. The fraction of sp³-hybridized carbons (Fsp3) is 0.310. The van der Waals surface area contributed by atoms with Crippen molar-refractivity contribution < 1.29 is 23.8 Å². The molecule has 3 aromatic rings. The van der Waals surface area contributed by atoms with E-state index in [-0.39, 0.29) is 16.9 Å². The van der Waals surface area contributed by atoms with Crippen molar-refractivity contribution in [2.45, 2.75) is 39.7 Å². The van der Waals surface area contributed by atoms with Crippen LogP contribution in [0.4, 0.5) is 5.69 Å². The van der Waals surface area contributed by atoms with Crippen molar-refractivity contribution in [3.63, 3.8) is 0 Å². The Kier molecular flexibility index (Phi) is 5.55. The predicted molar refractivity (Wildman–Crippen MR) is 136 cm³/mol. The number of Topliss-reactive ketones (excluding diaryl/α,β-unsaturated/α-hetero) is 1. The number of allylic oxidation sites excluding steroid dienone is 1. The van der Waals surface area contributed by atoms with Crippen molar-refractivity contribution in [3.8, 4) is 17.2 Å². The second kappa shape index (κ2) is 8.45. The van der Waals surface area contributed by atoms with Crippen LogP contribution in [0.3, 0.4) is 0 Å². The lowest BCUT2D eigenvalue weighted by Gasteiger charge is -2.40. The normalized spacial score (nSPS) is 18.4. The smallest absolute Gasteiger partial charge is 0.308 e. The van der Waals surface area contributed by atoms with Crippen LogP contribution in [-0.2, 0) is 9.59 Å². The molecule has 0 unspecified atom stereocenters. The van der Waals surface area contributed by atoms with Gasteiger partial charge in [0.1, 0.15) is 0 Å². The van der Waals surface area contributed by atoms with Crippen molar-refractivity contribution in [3.05, 3.63) is 65.2 Å². The number of ether oxygens (including phenoxy) is 3. The molecule has 180 valence electrons. The van der Waals surface area contributed by atoms with Crippen LogP contribution in [0.15, 0.2) is 54.1 Å². The summed E-state index contributed by atoms with van der Waals surface area (Å²) in [5.74, 6) is 0.617. The number of nitrogens with one attached hydrogen (secondary N) is 1. The van der Waals surface area contributed by atoms with Crippen molar-refractivity contribution >= 4 is 33.8 Å². The summed E-state index contributed by atoms with van der Waals surface area (Å²) < 4.78 is 16.5. The molecular weight excluding hydrogens is 442 g/mol. The molecule has 0 saturated carbocycles. The number of esters is 1. The zero-order valence-corrected chi connectivity index (χ0v) is 20.7. The Bertz CT molecular complexity index is 1380. The van der Waals surface area contributed by atoms with Gasteiger partial charge in [-0.3, -0.25) is 9.59 Å². The number of fused-ring (bicyclic) bond motifs is 4. The first-order chi connectivity index (χ1) is 16.7. The van der Waals surface area contributed by atoms with Gasteiger partial charge < -0.3 is 19.5 Å². The summed E-state index contributed by atoms with van der Waals surface area (Å²) in [6.45, 7) is 5.63. The third-order valence-corrected chi connectivity index (χ3v) is 6.80. The maximum atomic E-state index is 13.7. The van der Waals surface area contributed by atoms with Gasteiger partial charge in [-0.05, 0) is 51.9 Å². The molecule has 3 aromatic carbocycles. The Labute approximate surface area is 204 Å². The largest absolute Gasteiger partial charge is 0.493 e. The molecule has 35 heavy (non-hydrogen) atoms. The Morgan fingerprint density at radius 3 is 2.34 bits per heavy atom. The molecule has 1 N–H and O–H groups in total. The van der Waals surface area contributed by atoms with Gasteiger partial charge in [0.2, 0.25) is 5.75 Å². The molecule has 0 fully saturated rings. The molecule has 1 atom stereocenters. The van der Waals surface area contributed by atoms with Gasteiger partial charge in [0.15, 0.2) is 17.3 Å². The molecule has 1 aliphatic heterocycles. The number of hydrogen-bond acceptors (Lipinski definition) is 6. The van der Waals surface area contributed by atoms with Crippen LogP contribution in [0.1, 0.15) is 50.8 Å². The molecule has 1 aliphatic carbocycles. The monoisotopic (exact) mass is 471 g/mol. The summed E-state index contributed by atoms with van der Waals surface area (Å²) in [6, 6.07) is 15.7. The van der Waals surface area contributed by atoms with Gasteiger partial charge >= 0.3 is 5.97 Å². The van der Waals surface area contributed by atoms with Crippen LogP contribution in [0.25, 0.3) is 16.3 Å². The standard InChI is InChI=1S/C29H29NO5/c1-16(31)35-28-23(33-4)12-18(13-24(28)34-5)27-26-20(14-29(2,3)15-22(26)32)25-19-9-7-6-8-17(19)10-11-21(25)30-27/h6-13,27,30H,14-15H2,1-5H3/t27-/m0/s1. The molecule has 0 spiro atoms. The first kappa shape index (κ1) is 23.0. The van der Waals surface area contributed by atoms with Gasteiger partial charge in [-0.15, -0.1) is 0 Å². The van der Waals surface area contributed by atoms with E-state index < -0.39 is 12.0 Å². The Balaban J connectivity index is 1.75. The van der Waals surface area contributed by atoms with Crippen molar-refractivity contribution in [2.24, 2.45) is 5.41 Å². The second-order valence-corrected chi connectivity index (χ2v) is 9.97. The lowest BCUT2D eigenvalue weighted by atomic mass is 9.68. The van der Waals surface area contributed by atoms with Crippen LogP contribution in [0, 0.1) is 5.41 Å². The molecular formula is C29H29NO5. The van der Waals surface area contributed by atoms with Crippen LogP contribution in [0.2, 0.25) is 0 Å². The summed E-state index contributed by atoms with van der Waals surface area (Å²) in [5, 5.41) is 5.90. The maximum Gasteiger partial charge on any atom is 0.308 e. The van der Waals surface area contributed by atoms with Gasteiger partial charge in [0.25, 0.3) is 0 Å². The van der Waals surface area contributed by atoms with E-state index in [1.807, 2.05) is 24.3 Å². The zero-order chi connectivity index (χ0) is 24.9. The van der Waals surface area contributed by atoms with Gasteiger partial charge in [-0.1, -0.05) is 44.2 Å². The molecule has 6 nitrogen and oxygen atoms in total. The molecule has 0 saturated heterocycles. The maximum absolute atomic E-state index is 13.7. The predicted octanol–water partition coefficient (Wildman–Crippen LogP) is 6.09. The van der Waals surface area contributed by atoms with Gasteiger partial charge in [0.05, 0.1) is 20.3 Å². The van der Waals surface area contributed by atoms with E-state index in [1.165, 1.54) is 21.1 Å². The lowest BCUT2D eigenvalue weighted by Crippen LogP contribution is -2.33. The highest BCUT2D eigenvalue weighted by Crippen LogP contribution is 2.53. The van der Waals surface area contributed by atoms with Gasteiger partial charge in [-0.2, -0.15) is 0 Å². The fourth-order valence-corrected chi connectivity index (χ4v) is 5.40. The molecule has 0 aromatic heterocycles. The van der Waals surface area contributed by atoms with Crippen molar-refractivity contribution in [1.82, 2.24) is 0 Å². The van der Waals surface area contributed by atoms with E-state index in [0.29, 0.717) is 17.9 Å². The average molecular weight is 472 g/mol. The number of ketones is 1. The van der Waals surface area contributed by atoms with E-state index in [1.54, 1.807) is 0 Å². The molecule has 2 aliphatic rings. The summed E-state index contributed by atoms with van der Waals surface area (Å²) in [7, 11) is 3.03. The van der Waals surface area contributed by atoms with E-state index in [2.05, 4.69) is 43.4 Å². The van der Waals surface area contributed by atoms with Gasteiger partial charge in [0, 0.05) is 30.2 Å². The topological polar surface area (TPSA) is 73.9 Å². The highest BCUT2D eigenvalue weighted by Gasteiger charge is 2.41. The number of anilines is 1. The minimum absolute atomic E-state index is 0.134. The minimum atomic E-state index is -0.472. The fourth-order valence-electron chi connectivity index (χ4n) is 5.40. The first-order valence-electron chi connectivity index (χ1n) is 11.7. The van der Waals surface area contributed by atoms with Crippen molar-refractivity contribution in [1.29, 1.82) is 0 Å². The Hall–Kier alpha value is -3.80. The van der Waals surface area contributed by atoms with E-state index >= 15 is 0 Å².